The average molecular weight is 502 g/mol. The highest BCUT2D eigenvalue weighted by Gasteiger charge is 2.40. The van der Waals surface area contributed by atoms with Gasteiger partial charge in [0.1, 0.15) is 5.75 Å². The average Bonchev–Trinajstić information content (AvgIpc) is 3.13. The first kappa shape index (κ1) is 25.4. The van der Waals surface area contributed by atoms with Crippen LogP contribution in [0, 0.1) is 0 Å². The van der Waals surface area contributed by atoms with Gasteiger partial charge < -0.3 is 30.1 Å². The number of hydrogen-bond acceptors (Lipinski definition) is 6. The van der Waals surface area contributed by atoms with Gasteiger partial charge in [-0.3, -0.25) is 9.59 Å². The Morgan fingerprint density at radius 3 is 2.60 bits per heavy atom. The largest absolute Gasteiger partial charge is 0.496 e. The Hall–Kier alpha value is -2.65. The van der Waals surface area contributed by atoms with Crippen LogP contribution in [0.3, 0.4) is 0 Å². The van der Waals surface area contributed by atoms with Gasteiger partial charge >= 0.3 is 0 Å². The third-order valence-electron chi connectivity index (χ3n) is 7.22. The van der Waals surface area contributed by atoms with Crippen LogP contribution in [-0.4, -0.2) is 72.9 Å². The number of hydrogen-bond donors (Lipinski definition) is 3. The van der Waals surface area contributed by atoms with E-state index in [4.69, 9.17) is 9.47 Å². The van der Waals surface area contributed by atoms with Gasteiger partial charge in [-0.2, -0.15) is 0 Å². The molecule has 0 saturated carbocycles. The summed E-state index contributed by atoms with van der Waals surface area (Å²) in [6.07, 6.45) is 1.88. The van der Waals surface area contributed by atoms with Gasteiger partial charge in [0.05, 0.1) is 44.1 Å². The monoisotopic (exact) mass is 501 g/mol. The molecule has 3 heterocycles. The zero-order valence-electron chi connectivity index (χ0n) is 19.7. The van der Waals surface area contributed by atoms with Crippen LogP contribution in [0.4, 0.5) is 0 Å². The summed E-state index contributed by atoms with van der Waals surface area (Å²) >= 11 is 0. The molecule has 3 aliphatic rings. The van der Waals surface area contributed by atoms with Crippen molar-refractivity contribution in [2.45, 2.75) is 50.0 Å². The maximum Gasteiger partial charge on any atom is 0.255 e. The van der Waals surface area contributed by atoms with E-state index in [0.717, 1.165) is 12.8 Å². The molecule has 35 heavy (non-hydrogen) atoms. The number of halogens is 1. The van der Waals surface area contributed by atoms with Gasteiger partial charge in [0, 0.05) is 24.7 Å². The predicted octanol–water partition coefficient (Wildman–Crippen LogP) is 1.93. The summed E-state index contributed by atoms with van der Waals surface area (Å²) in [6.45, 7) is 1.95. The van der Waals surface area contributed by atoms with Crippen molar-refractivity contribution in [2.24, 2.45) is 0 Å². The normalized spacial score (nSPS) is 23.6. The minimum Gasteiger partial charge on any atom is -0.496 e. The molecular formula is C26H32ClN3O5. The van der Waals surface area contributed by atoms with Crippen molar-refractivity contribution in [1.82, 2.24) is 15.5 Å². The molecule has 8 nitrogen and oxygen atoms in total. The molecule has 0 radical (unpaired) electrons. The summed E-state index contributed by atoms with van der Waals surface area (Å²) in [4.78, 5) is 28.0. The van der Waals surface area contributed by atoms with E-state index < -0.39 is 6.10 Å². The first-order valence-electron chi connectivity index (χ1n) is 11.9. The fourth-order valence-corrected chi connectivity index (χ4v) is 5.31. The molecule has 4 atom stereocenters. The second-order valence-electron chi connectivity index (χ2n) is 9.29. The van der Waals surface area contributed by atoms with Gasteiger partial charge in [-0.05, 0) is 48.6 Å². The van der Waals surface area contributed by atoms with Crippen molar-refractivity contribution >= 4 is 24.2 Å². The molecular weight excluding hydrogens is 470 g/mol. The van der Waals surface area contributed by atoms with Crippen LogP contribution < -0.4 is 15.4 Å². The molecule has 2 saturated heterocycles. The number of nitrogens with one attached hydrogen (secondary N) is 2. The van der Waals surface area contributed by atoms with Crippen molar-refractivity contribution < 1.29 is 24.2 Å². The van der Waals surface area contributed by atoms with E-state index >= 15 is 0 Å². The maximum absolute atomic E-state index is 13.2. The van der Waals surface area contributed by atoms with Crippen molar-refractivity contribution in [2.75, 3.05) is 26.9 Å². The number of methoxy groups -OCH3 is 1. The molecule has 0 spiro atoms. The van der Waals surface area contributed by atoms with Crippen LogP contribution >= 0.6 is 12.4 Å². The van der Waals surface area contributed by atoms with Crippen LogP contribution in [0.5, 0.6) is 5.75 Å². The molecule has 188 valence electrons. The highest BCUT2D eigenvalue weighted by Crippen LogP contribution is 2.31. The lowest BCUT2D eigenvalue weighted by Crippen LogP contribution is -2.49. The molecule has 2 amide bonds. The second-order valence-corrected chi connectivity index (χ2v) is 9.29. The summed E-state index contributed by atoms with van der Waals surface area (Å²) in [5, 5.41) is 16.8. The van der Waals surface area contributed by atoms with Crippen LogP contribution in [0.1, 0.15) is 44.7 Å². The van der Waals surface area contributed by atoms with E-state index in [-0.39, 0.29) is 48.9 Å². The number of ether oxygens (including phenoxy) is 2. The minimum atomic E-state index is -0.735. The van der Waals surface area contributed by atoms with Gasteiger partial charge in [-0.25, -0.2) is 0 Å². The Morgan fingerprint density at radius 1 is 1.17 bits per heavy atom. The van der Waals surface area contributed by atoms with E-state index in [1.807, 2.05) is 17.0 Å². The number of benzene rings is 2. The van der Waals surface area contributed by atoms with E-state index in [2.05, 4.69) is 22.8 Å². The molecule has 3 aliphatic heterocycles. The highest BCUT2D eigenvalue weighted by atomic mass is 35.5. The van der Waals surface area contributed by atoms with Crippen LogP contribution in [0.25, 0.3) is 0 Å². The zero-order valence-corrected chi connectivity index (χ0v) is 20.6. The summed E-state index contributed by atoms with van der Waals surface area (Å²) in [5.74, 6) is -0.0687. The fourth-order valence-electron chi connectivity index (χ4n) is 5.31. The third-order valence-corrected chi connectivity index (χ3v) is 7.22. The smallest absolute Gasteiger partial charge is 0.255 e. The van der Waals surface area contributed by atoms with Crippen molar-refractivity contribution in [3.63, 3.8) is 0 Å². The third kappa shape index (κ3) is 5.16. The van der Waals surface area contributed by atoms with Crippen molar-refractivity contribution in [3.8, 4) is 5.75 Å². The number of nitrogens with zero attached hydrogens (tertiary/aromatic N) is 1. The Balaban J connectivity index is 0.00000289. The van der Waals surface area contributed by atoms with Gasteiger partial charge in [-0.15, -0.1) is 12.4 Å². The first-order valence-corrected chi connectivity index (χ1v) is 11.9. The molecule has 2 bridgehead atoms. The van der Waals surface area contributed by atoms with Crippen LogP contribution in [0.15, 0.2) is 42.5 Å². The van der Waals surface area contributed by atoms with E-state index in [1.165, 1.54) is 18.2 Å². The SMILES string of the molecule is COc1cc(C(=O)N2C3CCC2COC3)ccc1C(=O)NCC(O)[C@@H]1Cc2ccccc2CN1.Cl. The van der Waals surface area contributed by atoms with Gasteiger partial charge in [0.25, 0.3) is 11.8 Å². The van der Waals surface area contributed by atoms with Crippen LogP contribution in [-0.2, 0) is 17.7 Å². The quantitative estimate of drug-likeness (QED) is 0.559. The fraction of sp³-hybridized carbons (Fsp3) is 0.462. The maximum atomic E-state index is 13.2. The van der Waals surface area contributed by atoms with Crippen molar-refractivity contribution in [3.05, 3.63) is 64.7 Å². The molecule has 0 aromatic heterocycles. The molecule has 9 heteroatoms. The molecule has 2 fully saturated rings. The van der Waals surface area contributed by atoms with Gasteiger partial charge in [0.15, 0.2) is 0 Å². The van der Waals surface area contributed by atoms with E-state index in [9.17, 15) is 14.7 Å². The molecule has 3 N–H and O–H groups in total. The van der Waals surface area contributed by atoms with Crippen molar-refractivity contribution in [1.29, 1.82) is 0 Å². The highest BCUT2D eigenvalue weighted by molar-refractivity contribution is 6.00. The summed E-state index contributed by atoms with van der Waals surface area (Å²) in [5.41, 5.74) is 3.28. The van der Waals surface area contributed by atoms with E-state index in [0.29, 0.717) is 43.1 Å². The summed E-state index contributed by atoms with van der Waals surface area (Å²) in [7, 11) is 1.48. The Kier molecular flexibility index (Phi) is 7.96. The topological polar surface area (TPSA) is 100 Å². The lowest BCUT2D eigenvalue weighted by Gasteiger charge is -2.34. The summed E-state index contributed by atoms with van der Waals surface area (Å²) in [6, 6.07) is 13.2. The zero-order chi connectivity index (χ0) is 23.7. The number of aliphatic hydroxyl groups excluding tert-OH is 1. The molecule has 2 aromatic carbocycles. The number of rotatable bonds is 6. The van der Waals surface area contributed by atoms with E-state index in [1.54, 1.807) is 18.2 Å². The molecule has 5 rings (SSSR count). The number of carbonyl (C=O) groups is 2. The Labute approximate surface area is 211 Å². The lowest BCUT2D eigenvalue weighted by atomic mass is 9.93. The number of fused-ring (bicyclic) bond motifs is 3. The number of aliphatic hydroxyl groups is 1. The Bertz CT molecular complexity index is 1060. The van der Waals surface area contributed by atoms with Crippen LogP contribution in [0.2, 0.25) is 0 Å². The number of morpholine rings is 1. The standard InChI is InChI=1S/C26H31N3O5.ClH/c1-33-24-11-17(26(32)29-19-7-8-20(29)15-34-14-19)6-9-21(24)25(31)28-13-23(30)22-10-16-4-2-3-5-18(16)12-27-22;/h2-6,9,11,19-20,22-23,27,30H,7-8,10,12-15H2,1H3,(H,28,31);1H/t19?,20?,22-,23?;/m0./s1. The minimum absolute atomic E-state index is 0. The Morgan fingerprint density at radius 2 is 1.89 bits per heavy atom. The number of carbonyl (C=O) groups excluding carboxylic acids is 2. The predicted molar refractivity (Wildman–Crippen MR) is 133 cm³/mol. The number of amides is 2. The molecule has 0 aliphatic carbocycles. The lowest BCUT2D eigenvalue weighted by molar-refractivity contribution is -0.00717. The first-order chi connectivity index (χ1) is 16.5. The van der Waals surface area contributed by atoms with Gasteiger partial charge in [-0.1, -0.05) is 24.3 Å². The molecule has 3 unspecified atom stereocenters. The van der Waals surface area contributed by atoms with Gasteiger partial charge in [0.2, 0.25) is 0 Å². The second kappa shape index (κ2) is 11.0. The molecule has 2 aromatic rings. The summed E-state index contributed by atoms with van der Waals surface area (Å²) < 4.78 is 11.0.